The fraction of sp³-hybridized carbons (Fsp3) is 0.438. The second-order valence-electron chi connectivity index (χ2n) is 6.01. The number of ether oxygens (including phenoxy) is 1. The highest BCUT2D eigenvalue weighted by Crippen LogP contribution is 2.31. The molecular weight excluding hydrogens is 250 g/mol. The molecule has 2 aromatic rings. The Balaban J connectivity index is 2.20. The molecule has 1 heterocycles. The standard InChI is InChI=1S/C16H23N3O/c1-11-17-9-13(19-11)10-18-14-8-12(16(2,3)4)6-7-15(14)20-5/h6-9,18H,10H2,1-5H3,(H,17,19). The number of aromatic nitrogens is 2. The zero-order valence-corrected chi connectivity index (χ0v) is 12.9. The lowest BCUT2D eigenvalue weighted by Crippen LogP contribution is -2.12. The summed E-state index contributed by atoms with van der Waals surface area (Å²) in [5.41, 5.74) is 3.47. The summed E-state index contributed by atoms with van der Waals surface area (Å²) in [4.78, 5) is 7.42. The first-order valence-corrected chi connectivity index (χ1v) is 6.83. The van der Waals surface area contributed by atoms with Gasteiger partial charge in [-0.15, -0.1) is 0 Å². The fourth-order valence-corrected chi connectivity index (χ4v) is 2.06. The van der Waals surface area contributed by atoms with Gasteiger partial charge in [-0.1, -0.05) is 26.8 Å². The second-order valence-corrected chi connectivity index (χ2v) is 6.01. The third-order valence-corrected chi connectivity index (χ3v) is 3.29. The summed E-state index contributed by atoms with van der Waals surface area (Å²) in [6, 6.07) is 6.29. The number of hydrogen-bond acceptors (Lipinski definition) is 3. The predicted octanol–water partition coefficient (Wildman–Crippen LogP) is 3.64. The van der Waals surface area contributed by atoms with Crippen molar-refractivity contribution in [2.75, 3.05) is 12.4 Å². The maximum absolute atomic E-state index is 5.42. The first-order valence-electron chi connectivity index (χ1n) is 6.83. The van der Waals surface area contributed by atoms with E-state index in [0.29, 0.717) is 6.54 Å². The summed E-state index contributed by atoms with van der Waals surface area (Å²) in [7, 11) is 1.69. The molecule has 0 saturated carbocycles. The van der Waals surface area contributed by atoms with Crippen LogP contribution in [-0.4, -0.2) is 17.1 Å². The number of nitrogens with one attached hydrogen (secondary N) is 2. The highest BCUT2D eigenvalue weighted by atomic mass is 16.5. The van der Waals surface area contributed by atoms with Crippen LogP contribution in [0.25, 0.3) is 0 Å². The van der Waals surface area contributed by atoms with Crippen molar-refractivity contribution >= 4 is 5.69 Å². The smallest absolute Gasteiger partial charge is 0.141 e. The van der Waals surface area contributed by atoms with Crippen LogP contribution in [-0.2, 0) is 12.0 Å². The Morgan fingerprint density at radius 3 is 2.60 bits per heavy atom. The summed E-state index contributed by atoms with van der Waals surface area (Å²) in [6.45, 7) is 9.26. The van der Waals surface area contributed by atoms with Crippen LogP contribution in [0.5, 0.6) is 5.75 Å². The van der Waals surface area contributed by atoms with E-state index in [2.05, 4.69) is 48.2 Å². The molecule has 2 rings (SSSR count). The lowest BCUT2D eigenvalue weighted by Gasteiger charge is -2.21. The van der Waals surface area contributed by atoms with Crippen LogP contribution in [0.3, 0.4) is 0 Å². The van der Waals surface area contributed by atoms with Gasteiger partial charge in [0.15, 0.2) is 0 Å². The van der Waals surface area contributed by atoms with Crippen molar-refractivity contribution in [2.24, 2.45) is 0 Å². The Morgan fingerprint density at radius 1 is 1.30 bits per heavy atom. The molecule has 4 nitrogen and oxygen atoms in total. The molecule has 108 valence electrons. The average Bonchev–Trinajstić information content (AvgIpc) is 2.80. The molecule has 0 saturated heterocycles. The summed E-state index contributed by atoms with van der Waals surface area (Å²) in [5, 5.41) is 3.41. The van der Waals surface area contributed by atoms with Crippen LogP contribution < -0.4 is 10.1 Å². The number of anilines is 1. The van der Waals surface area contributed by atoms with Gasteiger partial charge in [-0.2, -0.15) is 0 Å². The van der Waals surface area contributed by atoms with E-state index in [9.17, 15) is 0 Å². The first-order chi connectivity index (χ1) is 9.40. The van der Waals surface area contributed by atoms with Crippen LogP contribution in [0.1, 0.15) is 37.9 Å². The maximum Gasteiger partial charge on any atom is 0.141 e. The Morgan fingerprint density at radius 2 is 2.05 bits per heavy atom. The third kappa shape index (κ3) is 3.32. The predicted molar refractivity (Wildman–Crippen MR) is 82.3 cm³/mol. The number of imidazole rings is 1. The normalized spacial score (nSPS) is 11.4. The van der Waals surface area contributed by atoms with Gasteiger partial charge in [-0.3, -0.25) is 0 Å². The summed E-state index contributed by atoms with van der Waals surface area (Å²) in [5.74, 6) is 1.78. The van der Waals surface area contributed by atoms with Crippen molar-refractivity contribution in [1.82, 2.24) is 9.97 Å². The molecule has 1 aromatic heterocycles. The highest BCUT2D eigenvalue weighted by Gasteiger charge is 2.15. The van der Waals surface area contributed by atoms with Crippen molar-refractivity contribution in [1.29, 1.82) is 0 Å². The molecule has 4 heteroatoms. The number of benzene rings is 1. The average molecular weight is 273 g/mol. The van der Waals surface area contributed by atoms with Crippen molar-refractivity contribution in [2.45, 2.75) is 39.7 Å². The summed E-state index contributed by atoms with van der Waals surface area (Å²) >= 11 is 0. The largest absolute Gasteiger partial charge is 0.495 e. The quantitative estimate of drug-likeness (QED) is 0.894. The molecule has 0 spiro atoms. The lowest BCUT2D eigenvalue weighted by molar-refractivity contribution is 0.416. The van der Waals surface area contributed by atoms with Gasteiger partial charge >= 0.3 is 0 Å². The topological polar surface area (TPSA) is 49.9 Å². The van der Waals surface area contributed by atoms with Crippen molar-refractivity contribution < 1.29 is 4.74 Å². The number of nitrogens with zero attached hydrogens (tertiary/aromatic N) is 1. The second kappa shape index (κ2) is 5.57. The fourth-order valence-electron chi connectivity index (χ4n) is 2.06. The van der Waals surface area contributed by atoms with E-state index in [1.807, 2.05) is 19.2 Å². The van der Waals surface area contributed by atoms with E-state index >= 15 is 0 Å². The van der Waals surface area contributed by atoms with Crippen LogP contribution in [0.4, 0.5) is 5.69 Å². The number of hydrogen-bond donors (Lipinski definition) is 2. The van der Waals surface area contributed by atoms with E-state index in [1.165, 1.54) is 5.56 Å². The molecule has 0 amide bonds. The minimum absolute atomic E-state index is 0.118. The zero-order valence-electron chi connectivity index (χ0n) is 12.9. The van der Waals surface area contributed by atoms with Crippen LogP contribution in [0, 0.1) is 6.92 Å². The Bertz CT molecular complexity index is 582. The van der Waals surface area contributed by atoms with E-state index in [0.717, 1.165) is 23.0 Å². The molecule has 2 N–H and O–H groups in total. The summed E-state index contributed by atoms with van der Waals surface area (Å²) in [6.07, 6.45) is 1.85. The van der Waals surface area contributed by atoms with Gasteiger partial charge in [-0.25, -0.2) is 4.98 Å². The first kappa shape index (κ1) is 14.4. The van der Waals surface area contributed by atoms with E-state index in [1.54, 1.807) is 7.11 Å². The Kier molecular flexibility index (Phi) is 4.02. The van der Waals surface area contributed by atoms with Gasteiger partial charge in [0.05, 0.1) is 31.2 Å². The van der Waals surface area contributed by atoms with Gasteiger partial charge in [0.2, 0.25) is 0 Å². The van der Waals surface area contributed by atoms with Gasteiger partial charge in [0.25, 0.3) is 0 Å². The lowest BCUT2D eigenvalue weighted by atomic mass is 9.87. The van der Waals surface area contributed by atoms with Crippen LogP contribution in [0.2, 0.25) is 0 Å². The van der Waals surface area contributed by atoms with Gasteiger partial charge in [0.1, 0.15) is 11.6 Å². The molecule has 0 aliphatic carbocycles. The molecule has 0 aliphatic rings. The van der Waals surface area contributed by atoms with E-state index in [-0.39, 0.29) is 5.41 Å². The van der Waals surface area contributed by atoms with Crippen molar-refractivity contribution in [3.05, 3.63) is 41.5 Å². The Hall–Kier alpha value is -1.97. The van der Waals surface area contributed by atoms with E-state index < -0.39 is 0 Å². The van der Waals surface area contributed by atoms with Crippen molar-refractivity contribution in [3.63, 3.8) is 0 Å². The molecule has 0 unspecified atom stereocenters. The SMILES string of the molecule is COc1ccc(C(C)(C)C)cc1NCc1cnc(C)[nH]1. The molecule has 20 heavy (non-hydrogen) atoms. The zero-order chi connectivity index (χ0) is 14.8. The molecule has 0 radical (unpaired) electrons. The van der Waals surface area contributed by atoms with Crippen molar-refractivity contribution in [3.8, 4) is 5.75 Å². The third-order valence-electron chi connectivity index (χ3n) is 3.29. The van der Waals surface area contributed by atoms with Crippen LogP contribution >= 0.6 is 0 Å². The number of aromatic amines is 1. The molecule has 0 atom stereocenters. The monoisotopic (exact) mass is 273 g/mol. The Labute approximate surface area is 120 Å². The van der Waals surface area contributed by atoms with Gasteiger partial charge < -0.3 is 15.0 Å². The molecule has 0 aliphatic heterocycles. The number of aryl methyl sites for hydroxylation is 1. The molecular formula is C16H23N3O. The molecule has 0 fully saturated rings. The van der Waals surface area contributed by atoms with Gasteiger partial charge in [-0.05, 0) is 30.0 Å². The minimum atomic E-state index is 0.118. The molecule has 0 bridgehead atoms. The number of H-pyrrole nitrogens is 1. The maximum atomic E-state index is 5.42. The van der Waals surface area contributed by atoms with E-state index in [4.69, 9.17) is 4.74 Å². The minimum Gasteiger partial charge on any atom is -0.495 e. The number of methoxy groups -OCH3 is 1. The molecule has 1 aromatic carbocycles. The number of rotatable bonds is 4. The highest BCUT2D eigenvalue weighted by molar-refractivity contribution is 5.59. The van der Waals surface area contributed by atoms with Crippen LogP contribution in [0.15, 0.2) is 24.4 Å². The summed E-state index contributed by atoms with van der Waals surface area (Å²) < 4.78 is 5.42. The van der Waals surface area contributed by atoms with Gasteiger partial charge in [0, 0.05) is 0 Å².